The van der Waals surface area contributed by atoms with E-state index in [9.17, 15) is 4.79 Å². The molecule has 0 aromatic heterocycles. The predicted molar refractivity (Wildman–Crippen MR) is 87.3 cm³/mol. The van der Waals surface area contributed by atoms with Crippen LogP contribution in [0.25, 0.3) is 0 Å². The van der Waals surface area contributed by atoms with Crippen LogP contribution in [0.15, 0.2) is 59.7 Å². The highest BCUT2D eigenvalue weighted by atomic mass is 16.5. The number of benzene rings is 2. The van der Waals surface area contributed by atoms with E-state index in [1.165, 1.54) is 0 Å². The van der Waals surface area contributed by atoms with Crippen molar-refractivity contribution >= 4 is 17.2 Å². The van der Waals surface area contributed by atoms with Gasteiger partial charge in [0, 0.05) is 6.42 Å². The number of carbonyl (C=O) groups excluding carboxylic acids is 1. The van der Waals surface area contributed by atoms with E-state index in [4.69, 9.17) is 10.00 Å². The first-order valence-corrected chi connectivity index (χ1v) is 7.23. The van der Waals surface area contributed by atoms with Crippen LogP contribution in [-0.4, -0.2) is 18.6 Å². The minimum absolute atomic E-state index is 0.0620. The summed E-state index contributed by atoms with van der Waals surface area (Å²) in [5.41, 5.74) is 1.73. The van der Waals surface area contributed by atoms with Crippen LogP contribution >= 0.6 is 0 Å². The maximum absolute atomic E-state index is 12.1. The molecule has 1 aliphatic heterocycles. The number of hydrogen-bond donors (Lipinski definition) is 0. The maximum Gasteiger partial charge on any atom is 0.203 e. The number of methoxy groups -OCH3 is 1. The van der Waals surface area contributed by atoms with Crippen molar-refractivity contribution in [3.8, 4) is 11.8 Å². The summed E-state index contributed by atoms with van der Waals surface area (Å²) < 4.78 is 5.17. The van der Waals surface area contributed by atoms with E-state index < -0.39 is 0 Å². The number of Topliss-reactive ketones (excluding diaryl/α,β-unsaturated/α-hetero) is 1. The van der Waals surface area contributed by atoms with Crippen molar-refractivity contribution < 1.29 is 9.53 Å². The van der Waals surface area contributed by atoms with E-state index in [1.807, 2.05) is 60.7 Å². The number of hydrazone groups is 1. The predicted octanol–water partition coefficient (Wildman–Crippen LogP) is 3.10. The summed E-state index contributed by atoms with van der Waals surface area (Å²) >= 11 is 0. The average Bonchev–Trinajstić information content (AvgIpc) is 2.62. The van der Waals surface area contributed by atoms with E-state index >= 15 is 0 Å². The van der Waals surface area contributed by atoms with Gasteiger partial charge in [-0.3, -0.25) is 9.80 Å². The standard InChI is InChI=1S/C18H15N3O2/c1-23-15-9-7-14(8-10-15)21-17(13-5-3-2-4-6-13)11-18(22)16(12-19)20-21/h2-10,17H,11H2,1H3/t17-/m1/s1. The summed E-state index contributed by atoms with van der Waals surface area (Å²) in [6.45, 7) is 0. The molecule has 23 heavy (non-hydrogen) atoms. The number of hydrogen-bond acceptors (Lipinski definition) is 5. The number of nitrogens with zero attached hydrogens (tertiary/aromatic N) is 3. The first-order valence-electron chi connectivity index (χ1n) is 7.23. The summed E-state index contributed by atoms with van der Waals surface area (Å²) in [6.07, 6.45) is 0.225. The zero-order valence-corrected chi connectivity index (χ0v) is 12.6. The fraction of sp³-hybridized carbons (Fsp3) is 0.167. The smallest absolute Gasteiger partial charge is 0.203 e. The Labute approximate surface area is 134 Å². The van der Waals surface area contributed by atoms with Gasteiger partial charge in [-0.2, -0.15) is 10.4 Å². The quantitative estimate of drug-likeness (QED) is 0.874. The molecule has 0 radical (unpaired) electrons. The molecule has 0 amide bonds. The van der Waals surface area contributed by atoms with Crippen molar-refractivity contribution in [1.29, 1.82) is 5.26 Å². The Kier molecular flexibility index (Phi) is 4.07. The van der Waals surface area contributed by atoms with Crippen LogP contribution in [0.4, 0.5) is 5.69 Å². The van der Waals surface area contributed by atoms with E-state index in [0.717, 1.165) is 17.0 Å². The topological polar surface area (TPSA) is 65.7 Å². The fourth-order valence-corrected chi connectivity index (χ4v) is 2.58. The van der Waals surface area contributed by atoms with Crippen LogP contribution in [0.3, 0.4) is 0 Å². The number of ketones is 1. The molecule has 1 atom stereocenters. The Bertz CT molecular complexity index is 776. The Morgan fingerprint density at radius 1 is 1.17 bits per heavy atom. The van der Waals surface area contributed by atoms with Gasteiger partial charge in [-0.25, -0.2) is 0 Å². The lowest BCUT2D eigenvalue weighted by Crippen LogP contribution is -2.34. The largest absolute Gasteiger partial charge is 0.497 e. The van der Waals surface area contributed by atoms with Crippen LogP contribution in [0.5, 0.6) is 5.75 Å². The van der Waals surface area contributed by atoms with Crippen molar-refractivity contribution in [2.75, 3.05) is 12.1 Å². The molecule has 3 rings (SSSR count). The summed E-state index contributed by atoms with van der Waals surface area (Å²) in [4.78, 5) is 12.1. The highest BCUT2D eigenvalue weighted by Gasteiger charge is 2.31. The molecule has 5 heteroatoms. The monoisotopic (exact) mass is 305 g/mol. The molecule has 0 unspecified atom stereocenters. The lowest BCUT2D eigenvalue weighted by molar-refractivity contribution is -0.113. The second kappa shape index (κ2) is 6.32. The van der Waals surface area contributed by atoms with E-state index in [1.54, 1.807) is 12.1 Å². The Morgan fingerprint density at radius 2 is 1.87 bits per heavy atom. The molecular weight excluding hydrogens is 290 g/mol. The fourth-order valence-electron chi connectivity index (χ4n) is 2.58. The summed E-state index contributed by atoms with van der Waals surface area (Å²) in [7, 11) is 1.60. The number of carbonyl (C=O) groups is 1. The van der Waals surface area contributed by atoms with Gasteiger partial charge >= 0.3 is 0 Å². The first kappa shape index (κ1) is 14.8. The molecule has 0 spiro atoms. The van der Waals surface area contributed by atoms with E-state index in [2.05, 4.69) is 5.10 Å². The van der Waals surface area contributed by atoms with Gasteiger partial charge < -0.3 is 4.74 Å². The van der Waals surface area contributed by atoms with Gasteiger partial charge in [0.1, 0.15) is 11.8 Å². The van der Waals surface area contributed by atoms with Crippen molar-refractivity contribution in [2.24, 2.45) is 5.10 Å². The third-order valence-electron chi connectivity index (χ3n) is 3.77. The van der Waals surface area contributed by atoms with Gasteiger partial charge in [0.15, 0.2) is 5.78 Å². The molecule has 0 saturated heterocycles. The van der Waals surface area contributed by atoms with Gasteiger partial charge in [0.05, 0.1) is 18.8 Å². The lowest BCUT2D eigenvalue weighted by atomic mass is 9.97. The molecule has 2 aromatic carbocycles. The van der Waals surface area contributed by atoms with Gasteiger partial charge in [-0.05, 0) is 29.8 Å². The molecular formula is C18H15N3O2. The Balaban J connectivity index is 2.05. The van der Waals surface area contributed by atoms with E-state index in [0.29, 0.717) is 0 Å². The van der Waals surface area contributed by atoms with Crippen LogP contribution in [0, 0.1) is 11.3 Å². The number of nitriles is 1. The zero-order valence-electron chi connectivity index (χ0n) is 12.6. The first-order chi connectivity index (χ1) is 11.2. The highest BCUT2D eigenvalue weighted by molar-refractivity contribution is 6.46. The Morgan fingerprint density at radius 3 is 2.48 bits per heavy atom. The molecule has 114 valence electrons. The van der Waals surface area contributed by atoms with Gasteiger partial charge in [-0.15, -0.1) is 0 Å². The summed E-state index contributed by atoms with van der Waals surface area (Å²) in [6, 6.07) is 18.7. The van der Waals surface area contributed by atoms with E-state index in [-0.39, 0.29) is 24.0 Å². The number of rotatable bonds is 3. The average molecular weight is 305 g/mol. The minimum atomic E-state index is -0.230. The number of ether oxygens (including phenoxy) is 1. The van der Waals surface area contributed by atoms with Crippen molar-refractivity contribution in [3.63, 3.8) is 0 Å². The third-order valence-corrected chi connectivity index (χ3v) is 3.77. The minimum Gasteiger partial charge on any atom is -0.497 e. The SMILES string of the molecule is COc1ccc(N2N=C(C#N)C(=O)C[C@@H]2c2ccccc2)cc1. The van der Waals surface area contributed by atoms with Crippen LogP contribution in [-0.2, 0) is 4.79 Å². The molecule has 0 saturated carbocycles. The van der Waals surface area contributed by atoms with Crippen LogP contribution in [0.1, 0.15) is 18.0 Å². The molecule has 2 aromatic rings. The Hall–Kier alpha value is -3.13. The van der Waals surface area contributed by atoms with Crippen molar-refractivity contribution in [2.45, 2.75) is 12.5 Å². The van der Waals surface area contributed by atoms with Crippen LogP contribution in [0.2, 0.25) is 0 Å². The van der Waals surface area contributed by atoms with Crippen LogP contribution < -0.4 is 9.75 Å². The highest BCUT2D eigenvalue weighted by Crippen LogP contribution is 2.34. The number of anilines is 1. The van der Waals surface area contributed by atoms with Crippen molar-refractivity contribution in [1.82, 2.24) is 0 Å². The molecule has 0 fully saturated rings. The van der Waals surface area contributed by atoms with Gasteiger partial charge in [0.25, 0.3) is 0 Å². The zero-order chi connectivity index (χ0) is 16.2. The van der Waals surface area contributed by atoms with Crippen molar-refractivity contribution in [3.05, 3.63) is 60.2 Å². The third kappa shape index (κ3) is 2.92. The maximum atomic E-state index is 12.1. The molecule has 5 nitrogen and oxygen atoms in total. The second-order valence-corrected chi connectivity index (χ2v) is 5.16. The summed E-state index contributed by atoms with van der Waals surface area (Å²) in [5.74, 6) is 0.508. The molecule has 0 N–H and O–H groups in total. The molecule has 0 aliphatic carbocycles. The molecule has 1 heterocycles. The molecule has 0 bridgehead atoms. The van der Waals surface area contributed by atoms with Gasteiger partial charge in [-0.1, -0.05) is 30.3 Å². The second-order valence-electron chi connectivity index (χ2n) is 5.16. The normalized spacial score (nSPS) is 17.4. The molecule has 1 aliphatic rings. The van der Waals surface area contributed by atoms with Gasteiger partial charge in [0.2, 0.25) is 5.71 Å². The lowest BCUT2D eigenvalue weighted by Gasteiger charge is -2.32. The summed E-state index contributed by atoms with van der Waals surface area (Å²) in [5, 5.41) is 15.1.